The van der Waals surface area contributed by atoms with E-state index in [1.807, 2.05) is 13.8 Å². The van der Waals surface area contributed by atoms with Crippen LogP contribution in [0, 0.1) is 5.92 Å². The van der Waals surface area contributed by atoms with Gasteiger partial charge in [-0.25, -0.2) is 0 Å². The van der Waals surface area contributed by atoms with E-state index in [4.69, 9.17) is 11.6 Å². The van der Waals surface area contributed by atoms with Crippen LogP contribution in [0.4, 0.5) is 0 Å². The highest BCUT2D eigenvalue weighted by molar-refractivity contribution is 6.27. The predicted molar refractivity (Wildman–Crippen MR) is 62.0 cm³/mol. The van der Waals surface area contributed by atoms with Gasteiger partial charge in [0.1, 0.15) is 11.7 Å². The van der Waals surface area contributed by atoms with Gasteiger partial charge in [-0.2, -0.15) is 0 Å². The predicted octanol–water partition coefficient (Wildman–Crippen LogP) is 2.13. The summed E-state index contributed by atoms with van der Waals surface area (Å²) in [6.07, 6.45) is 3.45. The third-order valence-electron chi connectivity index (χ3n) is 2.19. The van der Waals surface area contributed by atoms with E-state index in [1.54, 1.807) is 0 Å². The van der Waals surface area contributed by atoms with Crippen LogP contribution in [0.1, 0.15) is 39.5 Å². The fourth-order valence-electron chi connectivity index (χ4n) is 1.16. The molecule has 1 N–H and O–H groups in total. The highest BCUT2D eigenvalue weighted by Gasteiger charge is 2.05. The van der Waals surface area contributed by atoms with Crippen molar-refractivity contribution in [2.45, 2.75) is 39.5 Å². The molecule has 0 saturated carbocycles. The number of carbonyl (C=O) groups is 2. The van der Waals surface area contributed by atoms with Crippen LogP contribution in [0.15, 0.2) is 0 Å². The van der Waals surface area contributed by atoms with E-state index in [-0.39, 0.29) is 17.7 Å². The van der Waals surface area contributed by atoms with E-state index in [0.717, 1.165) is 19.3 Å². The number of rotatable bonds is 8. The van der Waals surface area contributed by atoms with Crippen LogP contribution in [0.3, 0.4) is 0 Å². The molecule has 0 aliphatic rings. The SMILES string of the molecule is CC(C)C(=O)CCCCCNC(=O)CCl. The van der Waals surface area contributed by atoms with E-state index in [9.17, 15) is 9.59 Å². The lowest BCUT2D eigenvalue weighted by Gasteiger charge is -2.04. The number of hydrogen-bond acceptors (Lipinski definition) is 2. The van der Waals surface area contributed by atoms with Crippen molar-refractivity contribution in [3.63, 3.8) is 0 Å². The topological polar surface area (TPSA) is 46.2 Å². The maximum absolute atomic E-state index is 11.2. The van der Waals surface area contributed by atoms with Crippen molar-refractivity contribution < 1.29 is 9.59 Å². The Morgan fingerprint density at radius 1 is 1.20 bits per heavy atom. The zero-order valence-corrected chi connectivity index (χ0v) is 10.3. The van der Waals surface area contributed by atoms with E-state index in [1.165, 1.54) is 0 Å². The van der Waals surface area contributed by atoms with Crippen molar-refractivity contribution in [1.82, 2.24) is 5.32 Å². The average molecular weight is 234 g/mol. The van der Waals surface area contributed by atoms with Gasteiger partial charge in [-0.3, -0.25) is 9.59 Å². The Balaban J connectivity index is 3.25. The summed E-state index contributed by atoms with van der Waals surface area (Å²) in [4.78, 5) is 22.0. The van der Waals surface area contributed by atoms with Gasteiger partial charge in [0.2, 0.25) is 5.91 Å². The molecule has 3 nitrogen and oxygen atoms in total. The lowest BCUT2D eigenvalue weighted by Crippen LogP contribution is -2.25. The summed E-state index contributed by atoms with van der Waals surface area (Å²) in [5.41, 5.74) is 0. The molecule has 0 bridgehead atoms. The fourth-order valence-corrected chi connectivity index (χ4v) is 1.26. The van der Waals surface area contributed by atoms with Gasteiger partial charge in [0.25, 0.3) is 0 Å². The van der Waals surface area contributed by atoms with Crippen molar-refractivity contribution in [3.8, 4) is 0 Å². The second kappa shape index (κ2) is 8.72. The molecule has 0 heterocycles. The number of alkyl halides is 1. The molecular formula is C11H20ClNO2. The summed E-state index contributed by atoms with van der Waals surface area (Å²) in [6, 6.07) is 0. The van der Waals surface area contributed by atoms with Crippen LogP contribution >= 0.6 is 11.6 Å². The van der Waals surface area contributed by atoms with Gasteiger partial charge >= 0.3 is 0 Å². The summed E-state index contributed by atoms with van der Waals surface area (Å²) >= 11 is 5.31. The Labute approximate surface area is 96.6 Å². The quantitative estimate of drug-likeness (QED) is 0.516. The second-order valence-electron chi connectivity index (χ2n) is 3.92. The van der Waals surface area contributed by atoms with E-state index < -0.39 is 0 Å². The third kappa shape index (κ3) is 8.43. The Hall–Kier alpha value is -0.570. The van der Waals surface area contributed by atoms with Crippen LogP contribution in [0.5, 0.6) is 0 Å². The van der Waals surface area contributed by atoms with E-state index in [0.29, 0.717) is 18.7 Å². The van der Waals surface area contributed by atoms with E-state index >= 15 is 0 Å². The van der Waals surface area contributed by atoms with Crippen molar-refractivity contribution in [2.75, 3.05) is 12.4 Å². The summed E-state index contributed by atoms with van der Waals surface area (Å²) < 4.78 is 0. The minimum Gasteiger partial charge on any atom is -0.355 e. The van der Waals surface area contributed by atoms with Crippen LogP contribution in [0.25, 0.3) is 0 Å². The first kappa shape index (κ1) is 14.4. The van der Waals surface area contributed by atoms with Crippen LogP contribution in [-0.2, 0) is 9.59 Å². The molecule has 15 heavy (non-hydrogen) atoms. The molecule has 0 spiro atoms. The fraction of sp³-hybridized carbons (Fsp3) is 0.818. The Kier molecular flexibility index (Phi) is 8.38. The third-order valence-corrected chi connectivity index (χ3v) is 2.43. The standard InChI is InChI=1S/C11H20ClNO2/c1-9(2)10(14)6-4-3-5-7-13-11(15)8-12/h9H,3-8H2,1-2H3,(H,13,15). The minimum absolute atomic E-state index is 0.0197. The molecule has 1 amide bonds. The molecule has 0 fully saturated rings. The van der Waals surface area contributed by atoms with Gasteiger partial charge in [0.15, 0.2) is 0 Å². The van der Waals surface area contributed by atoms with E-state index in [2.05, 4.69) is 5.32 Å². The number of amides is 1. The second-order valence-corrected chi connectivity index (χ2v) is 4.18. The Bertz CT molecular complexity index is 205. The summed E-state index contributed by atoms with van der Waals surface area (Å²) in [6.45, 7) is 4.49. The molecule has 0 aromatic carbocycles. The van der Waals surface area contributed by atoms with Gasteiger partial charge in [-0.15, -0.1) is 11.6 Å². The number of carbonyl (C=O) groups excluding carboxylic acids is 2. The monoisotopic (exact) mass is 233 g/mol. The molecule has 4 heteroatoms. The van der Waals surface area contributed by atoms with Gasteiger partial charge < -0.3 is 5.32 Å². The van der Waals surface area contributed by atoms with Crippen molar-refractivity contribution in [2.24, 2.45) is 5.92 Å². The summed E-state index contributed by atoms with van der Waals surface area (Å²) in [7, 11) is 0. The number of nitrogens with one attached hydrogen (secondary N) is 1. The molecule has 0 aliphatic carbocycles. The van der Waals surface area contributed by atoms with Crippen molar-refractivity contribution >= 4 is 23.3 Å². The zero-order chi connectivity index (χ0) is 11.7. The van der Waals surface area contributed by atoms with Crippen LogP contribution in [0.2, 0.25) is 0 Å². The molecule has 0 aromatic rings. The van der Waals surface area contributed by atoms with Crippen LogP contribution < -0.4 is 5.32 Å². The largest absolute Gasteiger partial charge is 0.355 e. The molecule has 0 radical (unpaired) electrons. The van der Waals surface area contributed by atoms with Crippen molar-refractivity contribution in [3.05, 3.63) is 0 Å². The molecule has 0 atom stereocenters. The lowest BCUT2D eigenvalue weighted by molar-refractivity contribution is -0.122. The maximum atomic E-state index is 11.2. The average Bonchev–Trinajstić information content (AvgIpc) is 2.22. The summed E-state index contributed by atoms with van der Waals surface area (Å²) in [5, 5.41) is 2.69. The molecular weight excluding hydrogens is 214 g/mol. The number of unbranched alkanes of at least 4 members (excludes halogenated alkanes) is 2. The van der Waals surface area contributed by atoms with Gasteiger partial charge in [0.05, 0.1) is 0 Å². The molecule has 0 rings (SSSR count). The first-order valence-corrected chi connectivity index (χ1v) is 5.96. The smallest absolute Gasteiger partial charge is 0.234 e. The Morgan fingerprint density at radius 2 is 1.87 bits per heavy atom. The van der Waals surface area contributed by atoms with Gasteiger partial charge in [-0.1, -0.05) is 20.3 Å². The number of hydrogen-bond donors (Lipinski definition) is 1. The van der Waals surface area contributed by atoms with Crippen LogP contribution in [-0.4, -0.2) is 24.1 Å². The summed E-state index contributed by atoms with van der Waals surface area (Å²) in [5.74, 6) is 0.349. The number of halogens is 1. The van der Waals surface area contributed by atoms with Gasteiger partial charge in [-0.05, 0) is 12.8 Å². The molecule has 0 aromatic heterocycles. The first-order chi connectivity index (χ1) is 7.07. The normalized spacial score (nSPS) is 10.4. The molecule has 88 valence electrons. The molecule has 0 aliphatic heterocycles. The molecule has 0 saturated heterocycles. The van der Waals surface area contributed by atoms with Gasteiger partial charge in [0, 0.05) is 18.9 Å². The number of ketones is 1. The highest BCUT2D eigenvalue weighted by Crippen LogP contribution is 2.05. The highest BCUT2D eigenvalue weighted by atomic mass is 35.5. The van der Waals surface area contributed by atoms with Crippen molar-refractivity contribution in [1.29, 1.82) is 0 Å². The minimum atomic E-state index is -0.130. The Morgan fingerprint density at radius 3 is 2.40 bits per heavy atom. The zero-order valence-electron chi connectivity index (χ0n) is 9.51. The first-order valence-electron chi connectivity index (χ1n) is 5.43. The lowest BCUT2D eigenvalue weighted by atomic mass is 10.0. The molecule has 0 unspecified atom stereocenters. The number of Topliss-reactive ketones (excluding diaryl/α,β-unsaturated/α-hetero) is 1. The maximum Gasteiger partial charge on any atom is 0.234 e.